The third kappa shape index (κ3) is 6.92. The highest BCUT2D eigenvalue weighted by Gasteiger charge is 2.20. The maximum atomic E-state index is 10.2. The van der Waals surface area contributed by atoms with Crippen molar-refractivity contribution in [2.24, 2.45) is 5.92 Å². The number of ether oxygens (including phenoxy) is 1. The first-order chi connectivity index (χ1) is 9.28. The van der Waals surface area contributed by atoms with E-state index in [4.69, 9.17) is 4.74 Å². The fraction of sp³-hybridized carbons (Fsp3) is 0.647. The second-order valence-corrected chi connectivity index (χ2v) is 6.51. The number of aliphatic hydroxyl groups is 1. The molecule has 114 valence electrons. The zero-order chi connectivity index (χ0) is 15.2. The first kappa shape index (κ1) is 17.0. The van der Waals surface area contributed by atoms with Crippen LogP contribution in [0, 0.1) is 5.92 Å². The van der Waals surface area contributed by atoms with E-state index in [0.717, 1.165) is 18.7 Å². The molecular formula is C17H29NO2. The Hall–Kier alpha value is -1.06. The van der Waals surface area contributed by atoms with Crippen LogP contribution in [0.25, 0.3) is 0 Å². The molecule has 0 fully saturated rings. The Bertz CT molecular complexity index is 382. The molecule has 0 amide bonds. The molecule has 1 aromatic carbocycles. The summed E-state index contributed by atoms with van der Waals surface area (Å²) in [5.74, 6) is 1.40. The first-order valence-electron chi connectivity index (χ1n) is 7.47. The van der Waals surface area contributed by atoms with E-state index in [1.54, 1.807) is 0 Å². The zero-order valence-corrected chi connectivity index (χ0v) is 13.4. The quantitative estimate of drug-likeness (QED) is 0.766. The van der Waals surface area contributed by atoms with Gasteiger partial charge in [0.05, 0.1) is 11.7 Å². The fourth-order valence-corrected chi connectivity index (χ4v) is 2.39. The summed E-state index contributed by atoms with van der Waals surface area (Å²) in [6.45, 7) is 11.5. The van der Waals surface area contributed by atoms with Crippen LogP contribution in [0.3, 0.4) is 0 Å². The molecule has 20 heavy (non-hydrogen) atoms. The van der Waals surface area contributed by atoms with Crippen LogP contribution in [0.2, 0.25) is 0 Å². The van der Waals surface area contributed by atoms with Crippen LogP contribution in [-0.4, -0.2) is 23.4 Å². The maximum Gasteiger partial charge on any atom is 0.119 e. The molecule has 3 nitrogen and oxygen atoms in total. The second-order valence-electron chi connectivity index (χ2n) is 6.51. The van der Waals surface area contributed by atoms with Crippen molar-refractivity contribution in [3.05, 3.63) is 29.8 Å². The highest BCUT2D eigenvalue weighted by atomic mass is 16.5. The summed E-state index contributed by atoms with van der Waals surface area (Å²) >= 11 is 0. The van der Waals surface area contributed by atoms with E-state index in [1.165, 1.54) is 5.56 Å². The van der Waals surface area contributed by atoms with Crippen molar-refractivity contribution in [2.75, 3.05) is 6.54 Å². The van der Waals surface area contributed by atoms with E-state index < -0.39 is 5.60 Å². The summed E-state index contributed by atoms with van der Waals surface area (Å²) in [6, 6.07) is 8.09. The standard InChI is InChI=1S/C17H29NO2/c1-13(2)10-17(5,19)12-18-11-15-6-8-16(9-7-15)20-14(3)4/h6-9,13-14,18-19H,10-12H2,1-5H3. The molecule has 0 aliphatic heterocycles. The van der Waals surface area contributed by atoms with Crippen LogP contribution in [0.1, 0.15) is 46.6 Å². The maximum absolute atomic E-state index is 10.2. The molecule has 1 aromatic rings. The zero-order valence-electron chi connectivity index (χ0n) is 13.4. The first-order valence-corrected chi connectivity index (χ1v) is 7.47. The monoisotopic (exact) mass is 279 g/mol. The molecule has 0 aliphatic rings. The SMILES string of the molecule is CC(C)CC(C)(O)CNCc1ccc(OC(C)C)cc1. The van der Waals surface area contributed by atoms with Gasteiger partial charge < -0.3 is 15.2 Å². The van der Waals surface area contributed by atoms with Gasteiger partial charge in [-0.25, -0.2) is 0 Å². The van der Waals surface area contributed by atoms with Gasteiger partial charge in [0.15, 0.2) is 0 Å². The molecule has 0 aliphatic carbocycles. The second kappa shape index (κ2) is 7.65. The van der Waals surface area contributed by atoms with E-state index in [0.29, 0.717) is 12.5 Å². The lowest BCUT2D eigenvalue weighted by molar-refractivity contribution is 0.0383. The van der Waals surface area contributed by atoms with Crippen LogP contribution in [0.5, 0.6) is 5.75 Å². The van der Waals surface area contributed by atoms with Gasteiger partial charge >= 0.3 is 0 Å². The summed E-state index contributed by atoms with van der Waals surface area (Å²) in [5.41, 5.74) is 0.552. The summed E-state index contributed by atoms with van der Waals surface area (Å²) in [4.78, 5) is 0. The van der Waals surface area contributed by atoms with Crippen molar-refractivity contribution in [2.45, 2.75) is 59.3 Å². The van der Waals surface area contributed by atoms with E-state index in [2.05, 4.69) is 31.3 Å². The molecule has 1 unspecified atom stereocenters. The Morgan fingerprint density at radius 1 is 1.15 bits per heavy atom. The van der Waals surface area contributed by atoms with Crippen molar-refractivity contribution < 1.29 is 9.84 Å². The minimum atomic E-state index is -0.644. The molecule has 0 aromatic heterocycles. The molecule has 1 atom stereocenters. The number of benzene rings is 1. The van der Waals surface area contributed by atoms with E-state index in [1.807, 2.05) is 32.9 Å². The average Bonchev–Trinajstić information content (AvgIpc) is 2.28. The van der Waals surface area contributed by atoms with E-state index >= 15 is 0 Å². The molecule has 2 N–H and O–H groups in total. The lowest BCUT2D eigenvalue weighted by atomic mass is 9.94. The highest BCUT2D eigenvalue weighted by Crippen LogP contribution is 2.16. The largest absolute Gasteiger partial charge is 0.491 e. The Morgan fingerprint density at radius 3 is 2.25 bits per heavy atom. The number of nitrogens with one attached hydrogen (secondary N) is 1. The molecule has 0 saturated carbocycles. The third-order valence-corrected chi connectivity index (χ3v) is 2.98. The minimum absolute atomic E-state index is 0.199. The Morgan fingerprint density at radius 2 is 1.75 bits per heavy atom. The van der Waals surface area contributed by atoms with Crippen LogP contribution in [0.15, 0.2) is 24.3 Å². The molecule has 0 heterocycles. The lowest BCUT2D eigenvalue weighted by Gasteiger charge is -2.25. The molecule has 3 heteroatoms. The van der Waals surface area contributed by atoms with Crippen LogP contribution >= 0.6 is 0 Å². The van der Waals surface area contributed by atoms with E-state index in [9.17, 15) is 5.11 Å². The van der Waals surface area contributed by atoms with Crippen molar-refractivity contribution >= 4 is 0 Å². The van der Waals surface area contributed by atoms with Crippen LogP contribution in [-0.2, 0) is 6.54 Å². The number of rotatable bonds is 8. The van der Waals surface area contributed by atoms with Gasteiger partial charge in [-0.05, 0) is 50.8 Å². The van der Waals surface area contributed by atoms with Gasteiger partial charge in [-0.2, -0.15) is 0 Å². The number of hydrogen-bond acceptors (Lipinski definition) is 3. The molecule has 0 spiro atoms. The summed E-state index contributed by atoms with van der Waals surface area (Å²) in [6.07, 6.45) is 1.01. The van der Waals surface area contributed by atoms with Crippen LogP contribution in [0.4, 0.5) is 0 Å². The molecule has 0 radical (unpaired) electrons. The van der Waals surface area contributed by atoms with Gasteiger partial charge in [-0.1, -0.05) is 26.0 Å². The van der Waals surface area contributed by atoms with Crippen molar-refractivity contribution in [1.82, 2.24) is 5.32 Å². The Labute approximate surface area is 123 Å². The third-order valence-electron chi connectivity index (χ3n) is 2.98. The van der Waals surface area contributed by atoms with Crippen molar-refractivity contribution in [1.29, 1.82) is 0 Å². The minimum Gasteiger partial charge on any atom is -0.491 e. The molecule has 0 bridgehead atoms. The van der Waals surface area contributed by atoms with E-state index in [-0.39, 0.29) is 6.10 Å². The molecular weight excluding hydrogens is 250 g/mol. The fourth-order valence-electron chi connectivity index (χ4n) is 2.39. The Balaban J connectivity index is 2.38. The van der Waals surface area contributed by atoms with Gasteiger partial charge in [-0.15, -0.1) is 0 Å². The number of hydrogen-bond donors (Lipinski definition) is 2. The van der Waals surface area contributed by atoms with Crippen molar-refractivity contribution in [3.8, 4) is 5.75 Å². The summed E-state index contributed by atoms with van der Waals surface area (Å²) < 4.78 is 5.61. The molecule has 0 saturated heterocycles. The summed E-state index contributed by atoms with van der Waals surface area (Å²) in [7, 11) is 0. The van der Waals surface area contributed by atoms with Crippen LogP contribution < -0.4 is 10.1 Å². The highest BCUT2D eigenvalue weighted by molar-refractivity contribution is 5.27. The van der Waals surface area contributed by atoms with Crippen molar-refractivity contribution in [3.63, 3.8) is 0 Å². The lowest BCUT2D eigenvalue weighted by Crippen LogP contribution is -2.38. The average molecular weight is 279 g/mol. The Kier molecular flexibility index (Phi) is 6.50. The van der Waals surface area contributed by atoms with Gasteiger partial charge in [0.1, 0.15) is 5.75 Å². The van der Waals surface area contributed by atoms with Gasteiger partial charge in [0.25, 0.3) is 0 Å². The summed E-state index contributed by atoms with van der Waals surface area (Å²) in [5, 5.41) is 13.5. The molecule has 1 rings (SSSR count). The smallest absolute Gasteiger partial charge is 0.119 e. The van der Waals surface area contributed by atoms with Gasteiger partial charge in [-0.3, -0.25) is 0 Å². The normalized spacial score (nSPS) is 14.6. The topological polar surface area (TPSA) is 41.5 Å². The van der Waals surface area contributed by atoms with Gasteiger partial charge in [0, 0.05) is 13.1 Å². The predicted molar refractivity (Wildman–Crippen MR) is 84.0 cm³/mol. The predicted octanol–water partition coefficient (Wildman–Crippen LogP) is 3.36. The van der Waals surface area contributed by atoms with Gasteiger partial charge in [0.2, 0.25) is 0 Å².